The molecule has 0 saturated heterocycles. The molecule has 0 radical (unpaired) electrons. The molecule has 4 N–H and O–H groups in total. The standard InChI is InChI=1S/C3H7NS.C2H2O4.Pt/c4-2-1-3-5;3-1(4)2(5)6;/h3H,1-2,4H2;(H,3,4)(H,5,6);. The van der Waals surface area contributed by atoms with Crippen LogP contribution in [0.4, 0.5) is 0 Å². The predicted molar refractivity (Wildman–Crippen MR) is 42.6 cm³/mol. The summed E-state index contributed by atoms with van der Waals surface area (Å²) in [6, 6.07) is 0. The van der Waals surface area contributed by atoms with E-state index in [0.717, 1.165) is 6.42 Å². The molecule has 0 amide bonds. The van der Waals surface area contributed by atoms with Gasteiger partial charge >= 0.3 is 11.9 Å². The largest absolute Gasteiger partial charge is 0.473 e. The molecule has 0 bridgehead atoms. The summed E-state index contributed by atoms with van der Waals surface area (Å²) in [5, 5.41) is 16.4. The molecule has 0 rings (SSSR count). The summed E-state index contributed by atoms with van der Waals surface area (Å²) in [6.07, 6.45) is 0.856. The van der Waals surface area contributed by atoms with Crippen LogP contribution in [0.25, 0.3) is 0 Å². The molecular formula is C5H9NO4PtS. The van der Waals surface area contributed by atoms with E-state index in [4.69, 9.17) is 25.5 Å². The molecule has 7 heteroatoms. The van der Waals surface area contributed by atoms with Crippen LogP contribution in [0, 0.1) is 0 Å². The molecule has 0 aromatic carbocycles. The Bertz CT molecular complexity index is 140. The molecule has 74 valence electrons. The van der Waals surface area contributed by atoms with Crippen molar-refractivity contribution in [2.75, 3.05) is 6.54 Å². The van der Waals surface area contributed by atoms with Crippen LogP contribution in [0.2, 0.25) is 0 Å². The summed E-state index contributed by atoms with van der Waals surface area (Å²) < 4.78 is 0. The summed E-state index contributed by atoms with van der Waals surface area (Å²) >= 11 is 4.45. The first-order valence-corrected chi connectivity index (χ1v) is 3.13. The van der Waals surface area contributed by atoms with Gasteiger partial charge in [0.05, 0.1) is 0 Å². The Morgan fingerprint density at radius 1 is 1.33 bits per heavy atom. The Kier molecular flexibility index (Phi) is 19.6. The number of carbonyl (C=O) groups is 2. The average molecular weight is 374 g/mol. The SMILES string of the molecule is NCCC=S.O=C(O)C(=O)O.[Pt]. The maximum Gasteiger partial charge on any atom is 0.414 e. The number of carboxylic acids is 2. The third kappa shape index (κ3) is 22.6. The number of hydrogen-bond acceptors (Lipinski definition) is 4. The smallest absolute Gasteiger partial charge is 0.414 e. The van der Waals surface area contributed by atoms with E-state index >= 15 is 0 Å². The second-order valence-electron chi connectivity index (χ2n) is 1.35. The molecule has 0 atom stereocenters. The Morgan fingerprint density at radius 3 is 1.67 bits per heavy atom. The van der Waals surface area contributed by atoms with Gasteiger partial charge < -0.3 is 15.9 Å². The zero-order valence-electron chi connectivity index (χ0n) is 6.00. The molecule has 0 aliphatic heterocycles. The van der Waals surface area contributed by atoms with Gasteiger partial charge in [-0.1, -0.05) is 12.2 Å². The van der Waals surface area contributed by atoms with Gasteiger partial charge in [0, 0.05) is 21.1 Å². The summed E-state index contributed by atoms with van der Waals surface area (Å²) in [5.74, 6) is -3.65. The van der Waals surface area contributed by atoms with Crippen LogP contribution in [0.5, 0.6) is 0 Å². The van der Waals surface area contributed by atoms with Gasteiger partial charge in [-0.3, -0.25) is 0 Å². The van der Waals surface area contributed by atoms with Crippen LogP contribution in [-0.2, 0) is 30.7 Å². The summed E-state index contributed by atoms with van der Waals surface area (Å²) in [4.78, 5) is 18.2. The zero-order valence-corrected chi connectivity index (χ0v) is 9.09. The molecule has 0 aliphatic rings. The van der Waals surface area contributed by atoms with Crippen molar-refractivity contribution in [3.63, 3.8) is 0 Å². The van der Waals surface area contributed by atoms with Crippen molar-refractivity contribution in [2.45, 2.75) is 6.42 Å². The molecule has 0 spiro atoms. The monoisotopic (exact) mass is 374 g/mol. The van der Waals surface area contributed by atoms with Crippen molar-refractivity contribution >= 4 is 29.5 Å². The first kappa shape index (κ1) is 17.7. The van der Waals surface area contributed by atoms with Crippen molar-refractivity contribution in [3.05, 3.63) is 0 Å². The minimum atomic E-state index is -1.82. The molecule has 0 saturated carbocycles. The first-order chi connectivity index (χ1) is 5.06. The zero-order chi connectivity index (χ0) is 9.28. The van der Waals surface area contributed by atoms with E-state index in [1.54, 1.807) is 5.37 Å². The van der Waals surface area contributed by atoms with Crippen molar-refractivity contribution < 1.29 is 40.9 Å². The maximum atomic E-state index is 9.10. The van der Waals surface area contributed by atoms with Crippen molar-refractivity contribution in [3.8, 4) is 0 Å². The van der Waals surface area contributed by atoms with E-state index < -0.39 is 11.9 Å². The fraction of sp³-hybridized carbons (Fsp3) is 0.400. The number of rotatable bonds is 2. The van der Waals surface area contributed by atoms with Gasteiger partial charge in [0.25, 0.3) is 0 Å². The predicted octanol–water partition coefficient (Wildman–Crippen LogP) is -0.512. The van der Waals surface area contributed by atoms with Gasteiger partial charge in [0.15, 0.2) is 0 Å². The number of hydrogen-bond donors (Lipinski definition) is 3. The molecule has 0 heterocycles. The van der Waals surface area contributed by atoms with Crippen molar-refractivity contribution in [1.82, 2.24) is 0 Å². The van der Waals surface area contributed by atoms with Crippen LogP contribution in [0.3, 0.4) is 0 Å². The number of aliphatic carboxylic acids is 2. The minimum absolute atomic E-state index is 0. The fourth-order valence-corrected chi connectivity index (χ4v) is 0.204. The van der Waals surface area contributed by atoms with Gasteiger partial charge in [-0.2, -0.15) is 0 Å². The van der Waals surface area contributed by atoms with Crippen LogP contribution in [0.15, 0.2) is 0 Å². The van der Waals surface area contributed by atoms with Gasteiger partial charge in [-0.25, -0.2) is 9.59 Å². The van der Waals surface area contributed by atoms with Gasteiger partial charge in [0.2, 0.25) is 0 Å². The van der Waals surface area contributed by atoms with E-state index in [1.807, 2.05) is 0 Å². The third-order valence-electron chi connectivity index (χ3n) is 0.467. The van der Waals surface area contributed by atoms with E-state index in [2.05, 4.69) is 12.2 Å². The second-order valence-corrected chi connectivity index (χ2v) is 1.69. The fourth-order valence-electron chi connectivity index (χ4n) is 0.0680. The molecule has 0 unspecified atom stereocenters. The third-order valence-corrected chi connectivity index (χ3v) is 0.703. The Hall–Kier alpha value is -0.322. The first-order valence-electron chi connectivity index (χ1n) is 2.66. The van der Waals surface area contributed by atoms with Crippen LogP contribution >= 0.6 is 12.2 Å². The maximum absolute atomic E-state index is 9.10. The molecule has 12 heavy (non-hydrogen) atoms. The number of nitrogens with two attached hydrogens (primary N) is 1. The summed E-state index contributed by atoms with van der Waals surface area (Å²) in [7, 11) is 0. The average Bonchev–Trinajstić information content (AvgIpc) is 1.90. The number of carboxylic acid groups (broad SMARTS) is 2. The Balaban J connectivity index is -0.000000126. The molecule has 0 aromatic heterocycles. The van der Waals surface area contributed by atoms with Crippen LogP contribution < -0.4 is 5.73 Å². The molecular weight excluding hydrogens is 365 g/mol. The minimum Gasteiger partial charge on any atom is -0.473 e. The summed E-state index contributed by atoms with van der Waals surface area (Å²) in [5.41, 5.74) is 5.04. The number of thiocarbonyl (C=S) groups is 1. The van der Waals surface area contributed by atoms with Gasteiger partial charge in [0.1, 0.15) is 0 Å². The summed E-state index contributed by atoms with van der Waals surface area (Å²) in [6.45, 7) is 0.684. The molecule has 5 nitrogen and oxygen atoms in total. The van der Waals surface area contributed by atoms with Crippen LogP contribution in [-0.4, -0.2) is 34.1 Å². The van der Waals surface area contributed by atoms with Crippen molar-refractivity contribution in [1.29, 1.82) is 0 Å². The van der Waals surface area contributed by atoms with E-state index in [9.17, 15) is 0 Å². The second kappa shape index (κ2) is 13.3. The molecule has 0 aromatic rings. The Labute approximate surface area is 89.2 Å². The Morgan fingerprint density at radius 2 is 1.67 bits per heavy atom. The van der Waals surface area contributed by atoms with E-state index in [-0.39, 0.29) is 21.1 Å². The van der Waals surface area contributed by atoms with Crippen molar-refractivity contribution in [2.24, 2.45) is 5.73 Å². The molecule has 0 aliphatic carbocycles. The quantitative estimate of drug-likeness (QED) is 0.445. The van der Waals surface area contributed by atoms with E-state index in [0.29, 0.717) is 6.54 Å². The van der Waals surface area contributed by atoms with Gasteiger partial charge in [-0.05, 0) is 18.3 Å². The van der Waals surface area contributed by atoms with Gasteiger partial charge in [-0.15, -0.1) is 0 Å². The topological polar surface area (TPSA) is 101 Å². The van der Waals surface area contributed by atoms with Crippen LogP contribution in [0.1, 0.15) is 6.42 Å². The normalized spacial score (nSPS) is 6.75. The molecule has 0 fully saturated rings. The van der Waals surface area contributed by atoms with E-state index in [1.165, 1.54) is 0 Å².